The lowest BCUT2D eigenvalue weighted by atomic mass is 10.0. The molecule has 2 atom stereocenters. The van der Waals surface area contributed by atoms with Gasteiger partial charge in [0.25, 0.3) is 0 Å². The number of nitrogens with one attached hydrogen (secondary N) is 2. The molecule has 0 bridgehead atoms. The molecule has 0 spiro atoms. The standard InChI is InChI=1S/C11H14Cl2N4O2/c1-2-14-7-4-19-3-6(7)11(18)17-10-8(12)9(13)15-5-16-10/h5-7,14H,2-4H2,1H3,(H,15,16,17,18). The van der Waals surface area contributed by atoms with E-state index >= 15 is 0 Å². The van der Waals surface area contributed by atoms with Crippen molar-refractivity contribution in [1.82, 2.24) is 15.3 Å². The monoisotopic (exact) mass is 304 g/mol. The number of hydrogen-bond donors (Lipinski definition) is 2. The minimum Gasteiger partial charge on any atom is -0.379 e. The third-order valence-electron chi connectivity index (χ3n) is 2.87. The van der Waals surface area contributed by atoms with Crippen LogP contribution in [0.2, 0.25) is 10.2 Å². The summed E-state index contributed by atoms with van der Waals surface area (Å²) < 4.78 is 5.32. The number of anilines is 1. The number of aromatic nitrogens is 2. The van der Waals surface area contributed by atoms with Gasteiger partial charge in [0.15, 0.2) is 11.0 Å². The Morgan fingerprint density at radius 3 is 3.00 bits per heavy atom. The molecule has 2 unspecified atom stereocenters. The zero-order valence-corrected chi connectivity index (χ0v) is 11.8. The molecule has 0 saturated carbocycles. The number of ether oxygens (including phenoxy) is 1. The van der Waals surface area contributed by atoms with Gasteiger partial charge in [0, 0.05) is 6.04 Å². The van der Waals surface area contributed by atoms with Gasteiger partial charge in [0.2, 0.25) is 5.91 Å². The molecule has 2 heterocycles. The van der Waals surface area contributed by atoms with Crippen LogP contribution in [0.5, 0.6) is 0 Å². The van der Waals surface area contributed by atoms with E-state index in [0.717, 1.165) is 6.54 Å². The van der Waals surface area contributed by atoms with E-state index in [9.17, 15) is 4.79 Å². The van der Waals surface area contributed by atoms with Crippen LogP contribution in [-0.4, -0.2) is 41.7 Å². The van der Waals surface area contributed by atoms with Crippen molar-refractivity contribution < 1.29 is 9.53 Å². The van der Waals surface area contributed by atoms with Gasteiger partial charge in [-0.2, -0.15) is 0 Å². The minimum absolute atomic E-state index is 0.00100. The first-order valence-corrected chi connectivity index (χ1v) is 6.67. The van der Waals surface area contributed by atoms with Crippen molar-refractivity contribution in [3.8, 4) is 0 Å². The third-order valence-corrected chi connectivity index (χ3v) is 3.61. The van der Waals surface area contributed by atoms with Crippen LogP contribution in [0, 0.1) is 5.92 Å². The summed E-state index contributed by atoms with van der Waals surface area (Å²) in [6.07, 6.45) is 1.25. The summed E-state index contributed by atoms with van der Waals surface area (Å²) in [4.78, 5) is 19.8. The molecule has 19 heavy (non-hydrogen) atoms. The largest absolute Gasteiger partial charge is 0.379 e. The van der Waals surface area contributed by atoms with E-state index in [1.165, 1.54) is 6.33 Å². The predicted octanol–water partition coefficient (Wildman–Crippen LogP) is 1.35. The molecule has 2 N–H and O–H groups in total. The van der Waals surface area contributed by atoms with E-state index in [1.54, 1.807) is 0 Å². The van der Waals surface area contributed by atoms with Gasteiger partial charge >= 0.3 is 0 Å². The van der Waals surface area contributed by atoms with Crippen LogP contribution in [0.1, 0.15) is 6.92 Å². The van der Waals surface area contributed by atoms with Gasteiger partial charge in [-0.15, -0.1) is 0 Å². The minimum atomic E-state index is -0.273. The van der Waals surface area contributed by atoms with Crippen LogP contribution in [0.15, 0.2) is 6.33 Å². The maximum Gasteiger partial charge on any atom is 0.232 e. The summed E-state index contributed by atoms with van der Waals surface area (Å²) in [5.74, 6) is -0.251. The molecule has 0 aliphatic carbocycles. The Hall–Kier alpha value is -0.950. The molecular weight excluding hydrogens is 291 g/mol. The topological polar surface area (TPSA) is 76.1 Å². The summed E-state index contributed by atoms with van der Waals surface area (Å²) >= 11 is 11.7. The Morgan fingerprint density at radius 2 is 2.26 bits per heavy atom. The lowest BCUT2D eigenvalue weighted by Gasteiger charge is -2.17. The molecule has 0 radical (unpaired) electrons. The molecule has 2 rings (SSSR count). The molecule has 1 aliphatic heterocycles. The smallest absolute Gasteiger partial charge is 0.232 e. The first-order chi connectivity index (χ1) is 9.13. The normalized spacial score (nSPS) is 22.5. The van der Waals surface area contributed by atoms with Crippen molar-refractivity contribution in [2.45, 2.75) is 13.0 Å². The molecule has 104 valence electrons. The summed E-state index contributed by atoms with van der Waals surface area (Å²) in [5.41, 5.74) is 0. The lowest BCUT2D eigenvalue weighted by Crippen LogP contribution is -2.41. The summed E-state index contributed by atoms with van der Waals surface area (Å²) in [5, 5.41) is 6.11. The molecule has 0 aromatic carbocycles. The average molecular weight is 305 g/mol. The van der Waals surface area contributed by atoms with E-state index in [1.807, 2.05) is 6.92 Å². The lowest BCUT2D eigenvalue weighted by molar-refractivity contribution is -0.120. The van der Waals surface area contributed by atoms with Crippen LogP contribution in [-0.2, 0) is 9.53 Å². The highest BCUT2D eigenvalue weighted by molar-refractivity contribution is 6.42. The van der Waals surface area contributed by atoms with Crippen LogP contribution in [0.3, 0.4) is 0 Å². The predicted molar refractivity (Wildman–Crippen MR) is 72.5 cm³/mol. The Bertz CT molecular complexity index is 472. The molecule has 1 fully saturated rings. The Kier molecular flexibility index (Phi) is 4.93. The van der Waals surface area contributed by atoms with E-state index in [4.69, 9.17) is 27.9 Å². The van der Waals surface area contributed by atoms with E-state index < -0.39 is 0 Å². The van der Waals surface area contributed by atoms with Crippen molar-refractivity contribution >= 4 is 34.9 Å². The fourth-order valence-electron chi connectivity index (χ4n) is 1.92. The van der Waals surface area contributed by atoms with Crippen LogP contribution >= 0.6 is 23.2 Å². The maximum absolute atomic E-state index is 12.2. The fraction of sp³-hybridized carbons (Fsp3) is 0.545. The number of likely N-dealkylation sites (N-methyl/N-ethyl adjacent to an activating group) is 1. The molecular formula is C11H14Cl2N4O2. The number of halogens is 2. The number of rotatable bonds is 4. The highest BCUT2D eigenvalue weighted by Gasteiger charge is 2.33. The Labute approximate surface area is 120 Å². The Balaban J connectivity index is 2.06. The van der Waals surface area contributed by atoms with Gasteiger partial charge in [-0.25, -0.2) is 9.97 Å². The van der Waals surface area contributed by atoms with E-state index in [-0.39, 0.29) is 33.9 Å². The number of hydrogen-bond acceptors (Lipinski definition) is 5. The summed E-state index contributed by atoms with van der Waals surface area (Å²) in [6.45, 7) is 3.65. The molecule has 1 saturated heterocycles. The van der Waals surface area contributed by atoms with Crippen LogP contribution in [0.4, 0.5) is 5.82 Å². The van der Waals surface area contributed by atoms with Crippen molar-refractivity contribution in [3.63, 3.8) is 0 Å². The second-order valence-electron chi connectivity index (χ2n) is 4.12. The highest BCUT2D eigenvalue weighted by atomic mass is 35.5. The van der Waals surface area contributed by atoms with Gasteiger partial charge in [-0.3, -0.25) is 4.79 Å². The maximum atomic E-state index is 12.2. The van der Waals surface area contributed by atoms with Crippen molar-refractivity contribution in [3.05, 3.63) is 16.5 Å². The highest BCUT2D eigenvalue weighted by Crippen LogP contribution is 2.26. The van der Waals surface area contributed by atoms with Gasteiger partial charge in [-0.05, 0) is 6.54 Å². The first kappa shape index (κ1) is 14.5. The van der Waals surface area contributed by atoms with E-state index in [2.05, 4.69) is 20.6 Å². The van der Waals surface area contributed by atoms with Crippen molar-refractivity contribution in [2.75, 3.05) is 25.1 Å². The second kappa shape index (κ2) is 6.47. The second-order valence-corrected chi connectivity index (χ2v) is 4.86. The number of carbonyl (C=O) groups excluding carboxylic acids is 1. The molecule has 1 amide bonds. The molecule has 1 aliphatic rings. The molecule has 8 heteroatoms. The third kappa shape index (κ3) is 3.33. The quantitative estimate of drug-likeness (QED) is 0.821. The zero-order chi connectivity index (χ0) is 13.8. The molecule has 1 aromatic heterocycles. The van der Waals surface area contributed by atoms with Crippen molar-refractivity contribution in [2.24, 2.45) is 5.92 Å². The van der Waals surface area contributed by atoms with E-state index in [0.29, 0.717) is 13.2 Å². The number of nitrogens with zero attached hydrogens (tertiary/aromatic N) is 2. The van der Waals surface area contributed by atoms with Crippen molar-refractivity contribution in [1.29, 1.82) is 0 Å². The molecule has 1 aromatic rings. The first-order valence-electron chi connectivity index (χ1n) is 5.91. The SMILES string of the molecule is CCNC1COCC1C(=O)Nc1ncnc(Cl)c1Cl. The van der Waals surface area contributed by atoms with Crippen LogP contribution in [0.25, 0.3) is 0 Å². The van der Waals surface area contributed by atoms with Gasteiger partial charge in [0.05, 0.1) is 19.1 Å². The average Bonchev–Trinajstić information content (AvgIpc) is 2.84. The number of amides is 1. The van der Waals surface area contributed by atoms with Gasteiger partial charge in [0.1, 0.15) is 11.3 Å². The summed E-state index contributed by atoms with van der Waals surface area (Å²) in [6, 6.07) is 0.00100. The summed E-state index contributed by atoms with van der Waals surface area (Å²) in [7, 11) is 0. The number of carbonyl (C=O) groups is 1. The zero-order valence-electron chi connectivity index (χ0n) is 10.3. The van der Waals surface area contributed by atoms with Gasteiger partial charge < -0.3 is 15.4 Å². The molecule has 6 nitrogen and oxygen atoms in total. The van der Waals surface area contributed by atoms with Crippen LogP contribution < -0.4 is 10.6 Å². The Morgan fingerprint density at radius 1 is 1.47 bits per heavy atom. The van der Waals surface area contributed by atoms with Gasteiger partial charge in [-0.1, -0.05) is 30.1 Å². The fourth-order valence-corrected chi connectivity index (χ4v) is 2.20.